The van der Waals surface area contributed by atoms with Crippen molar-refractivity contribution in [2.45, 2.75) is 32.8 Å². The summed E-state index contributed by atoms with van der Waals surface area (Å²) in [4.78, 5) is 33.7. The second kappa shape index (κ2) is 8.85. The number of hydrogen-bond acceptors (Lipinski definition) is 6. The van der Waals surface area contributed by atoms with Gasteiger partial charge in [-0.25, -0.2) is 37.2 Å². The minimum atomic E-state index is -2.92. The molecule has 1 N–H and O–H groups in total. The number of halogens is 3. The molecule has 0 fully saturated rings. The summed E-state index contributed by atoms with van der Waals surface area (Å²) in [6.45, 7) is 4.95. The van der Waals surface area contributed by atoms with Crippen molar-refractivity contribution in [2.75, 3.05) is 5.32 Å². The Morgan fingerprint density at radius 1 is 1.11 bits per heavy atom. The molecule has 0 radical (unpaired) electrons. The highest BCUT2D eigenvalue weighted by Gasteiger charge is 2.26. The summed E-state index contributed by atoms with van der Waals surface area (Å²) in [6, 6.07) is 5.64. The van der Waals surface area contributed by atoms with E-state index in [0.717, 1.165) is 22.8 Å². The molecule has 0 saturated heterocycles. The SMILES string of the molecule is Cn1ncnc1C(=O)Nc1cc2c(cn1)cc(-c1cc(F)ccc1C(F)F)n2C(=O)OC(C)(C)C. The number of carbonyl (C=O) groups excluding carboxylic acids is 2. The van der Waals surface area contributed by atoms with Gasteiger partial charge in [-0.3, -0.25) is 4.79 Å². The fourth-order valence-electron chi connectivity index (χ4n) is 3.49. The van der Waals surface area contributed by atoms with Crippen LogP contribution in [0.1, 0.15) is 43.4 Å². The number of nitrogens with one attached hydrogen (secondary N) is 1. The Morgan fingerprint density at radius 3 is 2.49 bits per heavy atom. The van der Waals surface area contributed by atoms with Crippen LogP contribution >= 0.6 is 0 Å². The van der Waals surface area contributed by atoms with Crippen LogP contribution in [0.25, 0.3) is 22.2 Å². The Morgan fingerprint density at radius 2 is 1.86 bits per heavy atom. The lowest BCUT2D eigenvalue weighted by Gasteiger charge is -2.21. The van der Waals surface area contributed by atoms with Gasteiger partial charge in [0, 0.05) is 35.8 Å². The zero-order valence-corrected chi connectivity index (χ0v) is 19.2. The van der Waals surface area contributed by atoms with Crippen LogP contribution in [-0.4, -0.2) is 41.9 Å². The second-order valence-electron chi connectivity index (χ2n) is 8.67. The van der Waals surface area contributed by atoms with Gasteiger partial charge in [-0.1, -0.05) is 0 Å². The van der Waals surface area contributed by atoms with Gasteiger partial charge in [-0.05, 0) is 45.0 Å². The quantitative estimate of drug-likeness (QED) is 0.438. The first-order valence-corrected chi connectivity index (χ1v) is 10.4. The summed E-state index contributed by atoms with van der Waals surface area (Å²) in [7, 11) is 1.54. The fraction of sp³-hybridized carbons (Fsp3) is 0.261. The summed E-state index contributed by atoms with van der Waals surface area (Å²) in [6.07, 6.45) is -1.22. The average molecular weight is 486 g/mol. The molecule has 0 spiro atoms. The summed E-state index contributed by atoms with van der Waals surface area (Å²) in [5.41, 5.74) is -1.34. The van der Waals surface area contributed by atoms with E-state index in [2.05, 4.69) is 20.4 Å². The lowest BCUT2D eigenvalue weighted by molar-refractivity contribution is 0.0546. The van der Waals surface area contributed by atoms with E-state index in [4.69, 9.17) is 4.74 Å². The third kappa shape index (κ3) is 4.86. The van der Waals surface area contributed by atoms with Crippen molar-refractivity contribution >= 4 is 28.7 Å². The molecule has 3 aromatic heterocycles. The molecular formula is C23H21F3N6O3. The highest BCUT2D eigenvalue weighted by molar-refractivity contribution is 6.03. The van der Waals surface area contributed by atoms with Crippen LogP contribution in [0.15, 0.2) is 42.9 Å². The molecule has 0 unspecified atom stereocenters. The van der Waals surface area contributed by atoms with E-state index in [-0.39, 0.29) is 28.4 Å². The maximum atomic E-state index is 14.1. The summed E-state index contributed by atoms with van der Waals surface area (Å²) in [5, 5.41) is 6.78. The van der Waals surface area contributed by atoms with Crippen LogP contribution in [0.3, 0.4) is 0 Å². The van der Waals surface area contributed by atoms with Gasteiger partial charge in [-0.2, -0.15) is 5.10 Å². The molecule has 4 aromatic rings. The molecule has 0 atom stereocenters. The van der Waals surface area contributed by atoms with Crippen LogP contribution in [0.5, 0.6) is 0 Å². The summed E-state index contributed by atoms with van der Waals surface area (Å²) in [5.74, 6) is -1.26. The zero-order valence-electron chi connectivity index (χ0n) is 19.2. The molecule has 0 aliphatic heterocycles. The van der Waals surface area contributed by atoms with Gasteiger partial charge in [-0.15, -0.1) is 0 Å². The molecule has 4 rings (SSSR count). The van der Waals surface area contributed by atoms with E-state index in [1.165, 1.54) is 36.4 Å². The highest BCUT2D eigenvalue weighted by Crippen LogP contribution is 2.36. The number of ether oxygens (including phenoxy) is 1. The normalized spacial score (nSPS) is 11.8. The number of pyridine rings is 1. The third-order valence-electron chi connectivity index (χ3n) is 4.94. The van der Waals surface area contributed by atoms with Crippen LogP contribution in [0.2, 0.25) is 0 Å². The Bertz CT molecular complexity index is 1440. The Hall–Kier alpha value is -4.22. The van der Waals surface area contributed by atoms with Crippen LogP contribution in [0.4, 0.5) is 23.8 Å². The highest BCUT2D eigenvalue weighted by atomic mass is 19.3. The average Bonchev–Trinajstić information content (AvgIpc) is 3.35. The maximum absolute atomic E-state index is 14.1. The number of anilines is 1. The van der Waals surface area contributed by atoms with Crippen LogP contribution in [-0.2, 0) is 11.8 Å². The lowest BCUT2D eigenvalue weighted by atomic mass is 10.0. The van der Waals surface area contributed by atoms with Crippen molar-refractivity contribution in [3.8, 4) is 11.3 Å². The van der Waals surface area contributed by atoms with E-state index in [0.29, 0.717) is 5.39 Å². The molecule has 12 heteroatoms. The van der Waals surface area contributed by atoms with Gasteiger partial charge in [0.2, 0.25) is 5.82 Å². The van der Waals surface area contributed by atoms with Gasteiger partial charge < -0.3 is 10.1 Å². The predicted molar refractivity (Wildman–Crippen MR) is 121 cm³/mol. The van der Waals surface area contributed by atoms with Crippen molar-refractivity contribution in [1.29, 1.82) is 0 Å². The molecule has 9 nitrogen and oxygen atoms in total. The molecule has 0 aliphatic carbocycles. The Kier molecular flexibility index (Phi) is 6.05. The molecule has 182 valence electrons. The molecule has 0 saturated carbocycles. The number of benzene rings is 1. The van der Waals surface area contributed by atoms with Crippen molar-refractivity contribution in [1.82, 2.24) is 24.3 Å². The topological polar surface area (TPSA) is 104 Å². The van der Waals surface area contributed by atoms with Crippen molar-refractivity contribution in [2.24, 2.45) is 7.05 Å². The second-order valence-corrected chi connectivity index (χ2v) is 8.67. The van der Waals surface area contributed by atoms with Gasteiger partial charge >= 0.3 is 6.09 Å². The molecular weight excluding hydrogens is 465 g/mol. The van der Waals surface area contributed by atoms with E-state index in [1.807, 2.05) is 0 Å². The van der Waals surface area contributed by atoms with Gasteiger partial charge in [0.1, 0.15) is 23.6 Å². The van der Waals surface area contributed by atoms with Crippen molar-refractivity contribution < 1.29 is 27.5 Å². The fourth-order valence-corrected chi connectivity index (χ4v) is 3.49. The zero-order chi connectivity index (χ0) is 25.5. The van der Waals surface area contributed by atoms with Gasteiger partial charge in [0.25, 0.3) is 12.3 Å². The smallest absolute Gasteiger partial charge is 0.419 e. The van der Waals surface area contributed by atoms with Crippen LogP contribution in [0, 0.1) is 5.82 Å². The van der Waals surface area contributed by atoms with E-state index in [9.17, 15) is 22.8 Å². The number of alkyl halides is 2. The molecule has 3 heterocycles. The largest absolute Gasteiger partial charge is 0.443 e. The molecule has 1 aromatic carbocycles. The molecule has 0 aliphatic rings. The van der Waals surface area contributed by atoms with E-state index >= 15 is 0 Å². The molecule has 0 bridgehead atoms. The third-order valence-corrected chi connectivity index (χ3v) is 4.94. The minimum Gasteiger partial charge on any atom is -0.443 e. The van der Waals surface area contributed by atoms with E-state index in [1.54, 1.807) is 20.8 Å². The van der Waals surface area contributed by atoms with Gasteiger partial charge in [0.15, 0.2) is 0 Å². The number of nitrogens with zero attached hydrogens (tertiary/aromatic N) is 5. The van der Waals surface area contributed by atoms with Crippen molar-refractivity contribution in [3.05, 3.63) is 60.1 Å². The number of hydrogen-bond donors (Lipinski definition) is 1. The standard InChI is InChI=1S/C23H21F3N6O3/c1-23(2,3)35-22(34)32-16-9-18(30-21(33)20-28-11-29-31(20)4)27-10-12(16)7-17(32)15-8-13(24)5-6-14(15)19(25)26/h5-11,19H,1-4H3,(H,27,30,33). The van der Waals surface area contributed by atoms with Crippen molar-refractivity contribution in [3.63, 3.8) is 0 Å². The molecule has 35 heavy (non-hydrogen) atoms. The van der Waals surface area contributed by atoms with Gasteiger partial charge in [0.05, 0.1) is 11.2 Å². The number of aryl methyl sites for hydroxylation is 1. The number of carbonyl (C=O) groups is 2. The molecule has 1 amide bonds. The minimum absolute atomic E-state index is 0.0115. The predicted octanol–water partition coefficient (Wildman–Crippen LogP) is 4.94. The van der Waals surface area contributed by atoms with E-state index < -0.39 is 35.4 Å². The number of fused-ring (bicyclic) bond motifs is 1. The summed E-state index contributed by atoms with van der Waals surface area (Å²) < 4.78 is 49.4. The monoisotopic (exact) mass is 486 g/mol. The summed E-state index contributed by atoms with van der Waals surface area (Å²) >= 11 is 0. The Labute approximate surface area is 197 Å². The lowest BCUT2D eigenvalue weighted by Crippen LogP contribution is -2.27. The maximum Gasteiger partial charge on any atom is 0.419 e. The first-order valence-electron chi connectivity index (χ1n) is 10.4. The number of amides is 1. The number of rotatable bonds is 4. The first kappa shape index (κ1) is 23.9. The Balaban J connectivity index is 1.88. The van der Waals surface area contributed by atoms with Crippen LogP contribution < -0.4 is 5.32 Å². The first-order chi connectivity index (χ1) is 16.4. The number of aromatic nitrogens is 5.